The Kier molecular flexibility index (Phi) is 4.10. The number of carboxylic acid groups (broad SMARTS) is 1. The van der Waals surface area contributed by atoms with Gasteiger partial charge in [0.05, 0.1) is 18.7 Å². The third kappa shape index (κ3) is 2.95. The maximum atomic E-state index is 11.3. The molecule has 2 rings (SSSR count). The highest BCUT2D eigenvalue weighted by atomic mass is 16.5. The van der Waals surface area contributed by atoms with Gasteiger partial charge in [0.2, 0.25) is 0 Å². The van der Waals surface area contributed by atoms with Crippen molar-refractivity contribution in [3.63, 3.8) is 0 Å². The Morgan fingerprint density at radius 3 is 2.62 bits per heavy atom. The summed E-state index contributed by atoms with van der Waals surface area (Å²) in [7, 11) is 1.44. The van der Waals surface area contributed by atoms with Crippen molar-refractivity contribution in [3.8, 4) is 23.3 Å². The number of para-hydroxylation sites is 1. The Balaban J connectivity index is 2.46. The molecule has 0 saturated heterocycles. The lowest BCUT2D eigenvalue weighted by molar-refractivity contribution is 0.0693. The van der Waals surface area contributed by atoms with Crippen LogP contribution in [0, 0.1) is 18.3 Å². The quantitative estimate of drug-likeness (QED) is 0.930. The zero-order valence-electron chi connectivity index (χ0n) is 11.6. The van der Waals surface area contributed by atoms with Gasteiger partial charge in [0, 0.05) is 0 Å². The Bertz CT molecular complexity index is 732. The third-order valence-electron chi connectivity index (χ3n) is 2.97. The molecule has 5 heteroatoms. The highest BCUT2D eigenvalue weighted by molar-refractivity contribution is 5.92. The third-order valence-corrected chi connectivity index (χ3v) is 2.97. The van der Waals surface area contributed by atoms with Crippen molar-refractivity contribution in [1.29, 1.82) is 5.26 Å². The number of methoxy groups -OCH3 is 1. The predicted molar refractivity (Wildman–Crippen MR) is 75.9 cm³/mol. The number of hydrogen-bond acceptors (Lipinski definition) is 4. The van der Waals surface area contributed by atoms with Crippen molar-refractivity contribution in [1.82, 2.24) is 0 Å². The second-order valence-electron chi connectivity index (χ2n) is 4.33. The van der Waals surface area contributed by atoms with Crippen LogP contribution in [0.2, 0.25) is 0 Å². The number of ether oxygens (including phenoxy) is 2. The lowest BCUT2D eigenvalue weighted by Gasteiger charge is -2.13. The summed E-state index contributed by atoms with van der Waals surface area (Å²) in [5, 5.41) is 18.1. The van der Waals surface area contributed by atoms with E-state index in [1.165, 1.54) is 13.2 Å². The van der Waals surface area contributed by atoms with Crippen LogP contribution in [0.15, 0.2) is 36.4 Å². The normalized spacial score (nSPS) is 9.76. The number of aryl methyl sites for hydroxylation is 1. The Labute approximate surface area is 122 Å². The fourth-order valence-electron chi connectivity index (χ4n) is 1.89. The predicted octanol–water partition coefficient (Wildman–Crippen LogP) is 3.37. The topological polar surface area (TPSA) is 79.6 Å². The SMILES string of the molecule is COc1cccc(C(=O)O)c1Oc1ccc(C#N)c(C)c1. The number of carboxylic acids is 1. The van der Waals surface area contributed by atoms with Crippen LogP contribution in [0.3, 0.4) is 0 Å². The number of aromatic carboxylic acids is 1. The van der Waals surface area contributed by atoms with Crippen LogP contribution in [0.5, 0.6) is 17.2 Å². The molecule has 21 heavy (non-hydrogen) atoms. The summed E-state index contributed by atoms with van der Waals surface area (Å²) in [4.78, 5) is 11.3. The van der Waals surface area contributed by atoms with E-state index in [9.17, 15) is 9.90 Å². The number of benzene rings is 2. The molecule has 0 fully saturated rings. The van der Waals surface area contributed by atoms with Gasteiger partial charge in [-0.1, -0.05) is 6.07 Å². The highest BCUT2D eigenvalue weighted by Gasteiger charge is 2.17. The number of rotatable bonds is 4. The number of nitrogens with zero attached hydrogens (tertiary/aromatic N) is 1. The smallest absolute Gasteiger partial charge is 0.339 e. The molecule has 0 aliphatic heterocycles. The number of nitriles is 1. The second-order valence-corrected chi connectivity index (χ2v) is 4.33. The molecule has 0 radical (unpaired) electrons. The van der Waals surface area contributed by atoms with Crippen molar-refractivity contribution in [3.05, 3.63) is 53.1 Å². The van der Waals surface area contributed by atoms with Gasteiger partial charge in [-0.3, -0.25) is 0 Å². The van der Waals surface area contributed by atoms with Gasteiger partial charge in [-0.05, 0) is 42.8 Å². The van der Waals surface area contributed by atoms with E-state index in [0.29, 0.717) is 17.1 Å². The summed E-state index contributed by atoms with van der Waals surface area (Å²) in [6.07, 6.45) is 0. The summed E-state index contributed by atoms with van der Waals surface area (Å²) in [6.45, 7) is 1.78. The minimum absolute atomic E-state index is 0.0105. The first-order chi connectivity index (χ1) is 10.1. The van der Waals surface area contributed by atoms with Gasteiger partial charge >= 0.3 is 5.97 Å². The van der Waals surface area contributed by atoms with Gasteiger partial charge in [0.25, 0.3) is 0 Å². The zero-order valence-corrected chi connectivity index (χ0v) is 11.6. The van der Waals surface area contributed by atoms with Gasteiger partial charge in [-0.2, -0.15) is 5.26 Å². The highest BCUT2D eigenvalue weighted by Crippen LogP contribution is 2.35. The molecule has 0 heterocycles. The van der Waals surface area contributed by atoms with E-state index >= 15 is 0 Å². The molecule has 0 aliphatic carbocycles. The standard InChI is InChI=1S/C16H13NO4/c1-10-8-12(7-6-11(10)9-17)21-15-13(16(18)19)4-3-5-14(15)20-2/h3-8H,1-2H3,(H,18,19). The molecule has 2 aromatic rings. The molecular weight excluding hydrogens is 270 g/mol. The van der Waals surface area contributed by atoms with Gasteiger partial charge < -0.3 is 14.6 Å². The van der Waals surface area contributed by atoms with E-state index in [1.54, 1.807) is 37.3 Å². The van der Waals surface area contributed by atoms with E-state index in [2.05, 4.69) is 6.07 Å². The molecule has 106 valence electrons. The first kappa shape index (κ1) is 14.4. The van der Waals surface area contributed by atoms with E-state index in [1.807, 2.05) is 0 Å². The molecule has 0 atom stereocenters. The van der Waals surface area contributed by atoms with E-state index < -0.39 is 5.97 Å². The summed E-state index contributed by atoms with van der Waals surface area (Å²) in [5.74, 6) is -0.193. The molecule has 0 amide bonds. The van der Waals surface area contributed by atoms with Crippen LogP contribution < -0.4 is 9.47 Å². The van der Waals surface area contributed by atoms with Crippen LogP contribution in [0.1, 0.15) is 21.5 Å². The molecule has 0 unspecified atom stereocenters. The van der Waals surface area contributed by atoms with E-state index in [0.717, 1.165) is 5.56 Å². The lowest BCUT2D eigenvalue weighted by atomic mass is 10.1. The van der Waals surface area contributed by atoms with E-state index in [-0.39, 0.29) is 11.3 Å². The van der Waals surface area contributed by atoms with Crippen molar-refractivity contribution in [2.75, 3.05) is 7.11 Å². The summed E-state index contributed by atoms with van der Waals surface area (Å²) in [6, 6.07) is 11.6. The fourth-order valence-corrected chi connectivity index (χ4v) is 1.89. The molecule has 0 saturated carbocycles. The maximum absolute atomic E-state index is 11.3. The van der Waals surface area contributed by atoms with E-state index in [4.69, 9.17) is 14.7 Å². The number of carbonyl (C=O) groups is 1. The van der Waals surface area contributed by atoms with Crippen LogP contribution >= 0.6 is 0 Å². The maximum Gasteiger partial charge on any atom is 0.339 e. The average molecular weight is 283 g/mol. The second kappa shape index (κ2) is 5.97. The van der Waals surface area contributed by atoms with Crippen LogP contribution in [-0.4, -0.2) is 18.2 Å². The minimum Gasteiger partial charge on any atom is -0.493 e. The molecule has 0 spiro atoms. The molecule has 0 aromatic heterocycles. The van der Waals surface area contributed by atoms with Crippen LogP contribution in [0.25, 0.3) is 0 Å². The first-order valence-corrected chi connectivity index (χ1v) is 6.15. The fraction of sp³-hybridized carbons (Fsp3) is 0.125. The van der Waals surface area contributed by atoms with Gasteiger partial charge in [-0.15, -0.1) is 0 Å². The van der Waals surface area contributed by atoms with Crippen LogP contribution in [0.4, 0.5) is 0 Å². The lowest BCUT2D eigenvalue weighted by Crippen LogP contribution is -2.02. The van der Waals surface area contributed by atoms with Crippen molar-refractivity contribution in [2.45, 2.75) is 6.92 Å². The average Bonchev–Trinajstić information content (AvgIpc) is 2.47. The van der Waals surface area contributed by atoms with Crippen molar-refractivity contribution >= 4 is 5.97 Å². The molecule has 1 N–H and O–H groups in total. The Morgan fingerprint density at radius 1 is 1.29 bits per heavy atom. The van der Waals surface area contributed by atoms with Gasteiger partial charge in [-0.25, -0.2) is 4.79 Å². The molecule has 0 bridgehead atoms. The minimum atomic E-state index is -1.10. The molecule has 2 aromatic carbocycles. The summed E-state index contributed by atoms with van der Waals surface area (Å²) < 4.78 is 10.8. The summed E-state index contributed by atoms with van der Waals surface area (Å²) >= 11 is 0. The van der Waals surface area contributed by atoms with Crippen molar-refractivity contribution in [2.24, 2.45) is 0 Å². The van der Waals surface area contributed by atoms with Crippen LogP contribution in [-0.2, 0) is 0 Å². The molecular formula is C16H13NO4. The number of hydrogen-bond donors (Lipinski definition) is 1. The monoisotopic (exact) mass is 283 g/mol. The molecule has 5 nitrogen and oxygen atoms in total. The summed E-state index contributed by atoms with van der Waals surface area (Å²) in [5.41, 5.74) is 1.30. The largest absolute Gasteiger partial charge is 0.493 e. The Hall–Kier alpha value is -3.00. The first-order valence-electron chi connectivity index (χ1n) is 6.15. The Morgan fingerprint density at radius 2 is 2.05 bits per heavy atom. The zero-order chi connectivity index (χ0) is 15.4. The van der Waals surface area contributed by atoms with Crippen molar-refractivity contribution < 1.29 is 19.4 Å². The molecule has 0 aliphatic rings. The van der Waals surface area contributed by atoms with Gasteiger partial charge in [0.15, 0.2) is 11.5 Å². The van der Waals surface area contributed by atoms with Gasteiger partial charge in [0.1, 0.15) is 11.3 Å².